The highest BCUT2D eigenvalue weighted by molar-refractivity contribution is 7.92. The minimum Gasteiger partial charge on any atom is -0.352 e. The molecule has 0 atom stereocenters. The SMILES string of the molecule is CCCNC(=O)c1ccccc1NS(=O)(=O)c1ccc(F)c(Cl)c1. The van der Waals surface area contributed by atoms with E-state index in [1.54, 1.807) is 12.1 Å². The van der Waals surface area contributed by atoms with Crippen molar-refractivity contribution in [3.8, 4) is 0 Å². The van der Waals surface area contributed by atoms with Crippen molar-refractivity contribution < 1.29 is 17.6 Å². The second kappa shape index (κ2) is 7.63. The second-order valence-electron chi connectivity index (χ2n) is 4.98. The zero-order valence-electron chi connectivity index (χ0n) is 12.8. The van der Waals surface area contributed by atoms with Gasteiger partial charge in [-0.3, -0.25) is 9.52 Å². The Bertz CT molecular complexity index is 856. The zero-order chi connectivity index (χ0) is 17.7. The molecule has 2 rings (SSSR count). The first-order valence-corrected chi connectivity index (χ1v) is 9.06. The molecule has 0 aliphatic heterocycles. The lowest BCUT2D eigenvalue weighted by Crippen LogP contribution is -2.25. The van der Waals surface area contributed by atoms with Crippen molar-refractivity contribution >= 4 is 33.2 Å². The van der Waals surface area contributed by atoms with Crippen molar-refractivity contribution in [2.24, 2.45) is 0 Å². The lowest BCUT2D eigenvalue weighted by atomic mass is 10.1. The number of para-hydroxylation sites is 1. The minimum absolute atomic E-state index is 0.131. The summed E-state index contributed by atoms with van der Waals surface area (Å²) in [5.41, 5.74) is 0.328. The maximum Gasteiger partial charge on any atom is 0.261 e. The van der Waals surface area contributed by atoms with Gasteiger partial charge in [0.2, 0.25) is 0 Å². The topological polar surface area (TPSA) is 75.3 Å². The molecular formula is C16H16ClFN2O3S. The van der Waals surface area contributed by atoms with E-state index in [-0.39, 0.29) is 27.1 Å². The fourth-order valence-electron chi connectivity index (χ4n) is 1.95. The largest absolute Gasteiger partial charge is 0.352 e. The number of sulfonamides is 1. The molecule has 0 radical (unpaired) electrons. The molecule has 0 spiro atoms. The van der Waals surface area contributed by atoms with Crippen LogP contribution in [0, 0.1) is 5.82 Å². The predicted octanol–water partition coefficient (Wildman–Crippen LogP) is 3.42. The van der Waals surface area contributed by atoms with E-state index in [0.29, 0.717) is 6.54 Å². The van der Waals surface area contributed by atoms with E-state index >= 15 is 0 Å². The van der Waals surface area contributed by atoms with Gasteiger partial charge in [-0.25, -0.2) is 12.8 Å². The number of rotatable bonds is 6. The van der Waals surface area contributed by atoms with Gasteiger partial charge in [0.05, 0.1) is 21.2 Å². The molecule has 0 aliphatic carbocycles. The molecule has 1 amide bonds. The standard InChI is InChI=1S/C16H16ClFN2O3S/c1-2-9-19-16(21)12-5-3-4-6-15(12)20-24(22,23)11-7-8-14(18)13(17)10-11/h3-8,10,20H,2,9H2,1H3,(H,19,21). The highest BCUT2D eigenvalue weighted by Gasteiger charge is 2.19. The number of benzene rings is 2. The summed E-state index contributed by atoms with van der Waals surface area (Å²) in [5.74, 6) is -1.10. The van der Waals surface area contributed by atoms with Crippen LogP contribution >= 0.6 is 11.6 Å². The summed E-state index contributed by atoms with van der Waals surface area (Å²) in [7, 11) is -4.01. The van der Waals surface area contributed by atoms with Crippen molar-refractivity contribution in [1.82, 2.24) is 5.32 Å². The highest BCUT2D eigenvalue weighted by atomic mass is 35.5. The maximum absolute atomic E-state index is 13.2. The molecular weight excluding hydrogens is 355 g/mol. The van der Waals surface area contributed by atoms with Crippen molar-refractivity contribution in [3.05, 3.63) is 58.9 Å². The van der Waals surface area contributed by atoms with E-state index < -0.39 is 15.8 Å². The van der Waals surface area contributed by atoms with Crippen molar-refractivity contribution in [1.29, 1.82) is 0 Å². The van der Waals surface area contributed by atoms with Gasteiger partial charge >= 0.3 is 0 Å². The number of carbonyl (C=O) groups excluding carboxylic acids is 1. The number of hydrogen-bond acceptors (Lipinski definition) is 3. The van der Waals surface area contributed by atoms with E-state index in [1.807, 2.05) is 6.92 Å². The molecule has 0 bridgehead atoms. The number of amides is 1. The summed E-state index contributed by atoms with van der Waals surface area (Å²) >= 11 is 5.63. The Morgan fingerprint density at radius 1 is 1.21 bits per heavy atom. The molecule has 2 aromatic rings. The molecule has 0 saturated carbocycles. The van der Waals surface area contributed by atoms with E-state index in [0.717, 1.165) is 24.6 Å². The van der Waals surface area contributed by atoms with Gasteiger partial charge in [0.15, 0.2) is 0 Å². The second-order valence-corrected chi connectivity index (χ2v) is 7.07. The molecule has 5 nitrogen and oxygen atoms in total. The number of hydrogen-bond donors (Lipinski definition) is 2. The molecule has 128 valence electrons. The summed E-state index contributed by atoms with van der Waals surface area (Å²) in [6, 6.07) is 9.31. The molecule has 0 aromatic heterocycles. The van der Waals surface area contributed by atoms with Crippen LogP contribution in [0.1, 0.15) is 23.7 Å². The molecule has 0 fully saturated rings. The molecule has 8 heteroatoms. The first kappa shape index (κ1) is 18.2. The van der Waals surface area contributed by atoms with Gasteiger partial charge in [0.1, 0.15) is 5.82 Å². The fraction of sp³-hybridized carbons (Fsp3) is 0.188. The average Bonchev–Trinajstić information content (AvgIpc) is 2.55. The Hall–Kier alpha value is -2.12. The first-order valence-electron chi connectivity index (χ1n) is 7.20. The van der Waals surface area contributed by atoms with Crippen molar-refractivity contribution in [2.75, 3.05) is 11.3 Å². The van der Waals surface area contributed by atoms with Crippen LogP contribution in [-0.2, 0) is 10.0 Å². The Balaban J connectivity index is 2.33. The third-order valence-electron chi connectivity index (χ3n) is 3.15. The first-order chi connectivity index (χ1) is 11.3. The van der Waals surface area contributed by atoms with E-state index in [9.17, 15) is 17.6 Å². The Morgan fingerprint density at radius 3 is 2.58 bits per heavy atom. The Kier molecular flexibility index (Phi) is 5.80. The van der Waals surface area contributed by atoms with Gasteiger partial charge in [-0.05, 0) is 36.8 Å². The van der Waals surface area contributed by atoms with Crippen LogP contribution in [-0.4, -0.2) is 20.9 Å². The number of anilines is 1. The lowest BCUT2D eigenvalue weighted by Gasteiger charge is -2.13. The van der Waals surface area contributed by atoms with Crippen LogP contribution in [0.3, 0.4) is 0 Å². The fourth-order valence-corrected chi connectivity index (χ4v) is 3.30. The van der Waals surface area contributed by atoms with Crippen molar-refractivity contribution in [3.63, 3.8) is 0 Å². The van der Waals surface area contributed by atoms with Crippen LogP contribution in [0.25, 0.3) is 0 Å². The van der Waals surface area contributed by atoms with E-state index in [2.05, 4.69) is 10.0 Å². The lowest BCUT2D eigenvalue weighted by molar-refractivity contribution is 0.0954. The van der Waals surface area contributed by atoms with Gasteiger partial charge in [0, 0.05) is 6.54 Å². The molecule has 0 aliphatic rings. The third kappa shape index (κ3) is 4.24. The molecule has 24 heavy (non-hydrogen) atoms. The van der Waals surface area contributed by atoms with Gasteiger partial charge < -0.3 is 5.32 Å². The van der Waals surface area contributed by atoms with E-state index in [1.165, 1.54) is 12.1 Å². The van der Waals surface area contributed by atoms with Gasteiger partial charge in [-0.2, -0.15) is 0 Å². The molecule has 2 N–H and O–H groups in total. The van der Waals surface area contributed by atoms with Gasteiger partial charge in [-0.1, -0.05) is 30.7 Å². The number of halogens is 2. The van der Waals surface area contributed by atoms with E-state index in [4.69, 9.17) is 11.6 Å². The average molecular weight is 371 g/mol. The summed E-state index contributed by atoms with van der Waals surface area (Å²) in [6.45, 7) is 2.39. The predicted molar refractivity (Wildman–Crippen MR) is 91.3 cm³/mol. The zero-order valence-corrected chi connectivity index (χ0v) is 14.4. The summed E-state index contributed by atoms with van der Waals surface area (Å²) in [5, 5.41) is 2.39. The van der Waals surface area contributed by atoms with Gasteiger partial charge in [-0.15, -0.1) is 0 Å². The quantitative estimate of drug-likeness (QED) is 0.818. The van der Waals surface area contributed by atoms with Crippen LogP contribution < -0.4 is 10.0 Å². The van der Waals surface area contributed by atoms with Gasteiger partial charge in [0.25, 0.3) is 15.9 Å². The Morgan fingerprint density at radius 2 is 1.92 bits per heavy atom. The molecule has 0 unspecified atom stereocenters. The summed E-state index contributed by atoms with van der Waals surface area (Å²) < 4.78 is 40.4. The summed E-state index contributed by atoms with van der Waals surface area (Å²) in [6.07, 6.45) is 0.758. The Labute approximate surface area is 144 Å². The summed E-state index contributed by atoms with van der Waals surface area (Å²) in [4.78, 5) is 11.9. The third-order valence-corrected chi connectivity index (χ3v) is 4.81. The van der Waals surface area contributed by atoms with Crippen molar-refractivity contribution in [2.45, 2.75) is 18.2 Å². The number of carbonyl (C=O) groups is 1. The molecule has 0 heterocycles. The monoisotopic (exact) mass is 370 g/mol. The van der Waals surface area contributed by atoms with Crippen LogP contribution in [0.2, 0.25) is 5.02 Å². The maximum atomic E-state index is 13.2. The van der Waals surface area contributed by atoms with Crippen LogP contribution in [0.5, 0.6) is 0 Å². The van der Waals surface area contributed by atoms with Crippen LogP contribution in [0.15, 0.2) is 47.4 Å². The minimum atomic E-state index is -4.01. The van der Waals surface area contributed by atoms with Crippen LogP contribution in [0.4, 0.5) is 10.1 Å². The number of nitrogens with one attached hydrogen (secondary N) is 2. The highest BCUT2D eigenvalue weighted by Crippen LogP contribution is 2.23. The molecule has 0 saturated heterocycles. The smallest absolute Gasteiger partial charge is 0.261 e. The molecule has 2 aromatic carbocycles. The normalized spacial score (nSPS) is 11.1.